The summed E-state index contributed by atoms with van der Waals surface area (Å²) < 4.78 is 9.97. The van der Waals surface area contributed by atoms with E-state index >= 15 is 0 Å². The van der Waals surface area contributed by atoms with E-state index < -0.39 is 6.16 Å². The molecule has 0 saturated heterocycles. The van der Waals surface area contributed by atoms with Crippen LogP contribution in [0, 0.1) is 5.92 Å². The van der Waals surface area contributed by atoms with E-state index in [9.17, 15) is 14.4 Å². The number of rotatable bonds is 11. The zero-order valence-electron chi connectivity index (χ0n) is 15.4. The van der Waals surface area contributed by atoms with E-state index in [0.717, 1.165) is 25.7 Å². The van der Waals surface area contributed by atoms with Crippen molar-refractivity contribution in [2.45, 2.75) is 59.3 Å². The fourth-order valence-corrected chi connectivity index (χ4v) is 2.29. The van der Waals surface area contributed by atoms with Crippen LogP contribution in [0.2, 0.25) is 0 Å². The SMILES string of the molecule is CCCCCCCC(=O)c1ccc(OC(=O)OCC(C)C)c(C=O)c1. The highest BCUT2D eigenvalue weighted by atomic mass is 16.7. The predicted octanol–water partition coefficient (Wildman–Crippen LogP) is 5.21. The molecule has 5 nitrogen and oxygen atoms in total. The Bertz CT molecular complexity index is 577. The normalized spacial score (nSPS) is 10.6. The molecule has 5 heteroatoms. The first-order chi connectivity index (χ1) is 12.0. The molecular formula is C20H28O5. The largest absolute Gasteiger partial charge is 0.513 e. The lowest BCUT2D eigenvalue weighted by Crippen LogP contribution is -2.15. The van der Waals surface area contributed by atoms with Crippen LogP contribution in [0.1, 0.15) is 80.0 Å². The van der Waals surface area contributed by atoms with Crippen molar-refractivity contribution in [3.8, 4) is 5.75 Å². The van der Waals surface area contributed by atoms with Gasteiger partial charge < -0.3 is 9.47 Å². The molecule has 0 amide bonds. The summed E-state index contributed by atoms with van der Waals surface area (Å²) in [6.07, 6.45) is 5.53. The Morgan fingerprint density at radius 3 is 2.48 bits per heavy atom. The lowest BCUT2D eigenvalue weighted by atomic mass is 10.0. The van der Waals surface area contributed by atoms with Crippen molar-refractivity contribution in [2.75, 3.05) is 6.61 Å². The van der Waals surface area contributed by atoms with Gasteiger partial charge in [0.05, 0.1) is 12.2 Å². The molecule has 1 rings (SSSR count). The molecule has 0 saturated carbocycles. The zero-order chi connectivity index (χ0) is 18.7. The Morgan fingerprint density at radius 1 is 1.12 bits per heavy atom. The van der Waals surface area contributed by atoms with Gasteiger partial charge in [0.1, 0.15) is 5.75 Å². The molecule has 0 bridgehead atoms. The van der Waals surface area contributed by atoms with Crippen molar-refractivity contribution in [2.24, 2.45) is 5.92 Å². The smallest absolute Gasteiger partial charge is 0.434 e. The number of carbonyl (C=O) groups is 3. The van der Waals surface area contributed by atoms with Crippen LogP contribution in [0.25, 0.3) is 0 Å². The van der Waals surface area contributed by atoms with Crippen molar-refractivity contribution in [1.82, 2.24) is 0 Å². The molecule has 1 aromatic rings. The third kappa shape index (κ3) is 7.96. The predicted molar refractivity (Wildman–Crippen MR) is 96.4 cm³/mol. The van der Waals surface area contributed by atoms with Crippen LogP contribution in [-0.4, -0.2) is 24.8 Å². The molecule has 0 aliphatic heterocycles. The molecule has 0 spiro atoms. The lowest BCUT2D eigenvalue weighted by molar-refractivity contribution is 0.0881. The van der Waals surface area contributed by atoms with E-state index in [1.54, 1.807) is 6.07 Å². The second-order valence-corrected chi connectivity index (χ2v) is 6.51. The second kappa shape index (κ2) is 11.4. The fraction of sp³-hybridized carbons (Fsp3) is 0.550. The van der Waals surface area contributed by atoms with E-state index in [1.807, 2.05) is 13.8 Å². The van der Waals surface area contributed by atoms with E-state index in [4.69, 9.17) is 9.47 Å². The third-order valence-corrected chi connectivity index (χ3v) is 3.69. The van der Waals surface area contributed by atoms with E-state index in [1.165, 1.54) is 18.6 Å². The van der Waals surface area contributed by atoms with Crippen molar-refractivity contribution in [3.63, 3.8) is 0 Å². The second-order valence-electron chi connectivity index (χ2n) is 6.51. The van der Waals surface area contributed by atoms with Gasteiger partial charge in [0, 0.05) is 12.0 Å². The Morgan fingerprint density at radius 2 is 1.84 bits per heavy atom. The summed E-state index contributed by atoms with van der Waals surface area (Å²) in [4.78, 5) is 35.1. The van der Waals surface area contributed by atoms with Crippen molar-refractivity contribution >= 4 is 18.2 Å². The molecule has 0 aliphatic carbocycles. The Labute approximate surface area is 149 Å². The zero-order valence-corrected chi connectivity index (χ0v) is 15.4. The van der Waals surface area contributed by atoms with Crippen LogP contribution in [-0.2, 0) is 4.74 Å². The van der Waals surface area contributed by atoms with Gasteiger partial charge in [0.15, 0.2) is 12.1 Å². The van der Waals surface area contributed by atoms with Crippen molar-refractivity contribution < 1.29 is 23.9 Å². The van der Waals surface area contributed by atoms with Gasteiger partial charge in [0.25, 0.3) is 0 Å². The number of aldehydes is 1. The average molecular weight is 348 g/mol. The summed E-state index contributed by atoms with van der Waals surface area (Å²) in [7, 11) is 0. The first-order valence-corrected chi connectivity index (χ1v) is 8.95. The molecule has 0 aliphatic rings. The molecule has 0 radical (unpaired) electrons. The number of benzene rings is 1. The van der Waals surface area contributed by atoms with Crippen LogP contribution in [0.15, 0.2) is 18.2 Å². The molecule has 0 N–H and O–H groups in total. The van der Waals surface area contributed by atoms with Crippen LogP contribution in [0.3, 0.4) is 0 Å². The highest BCUT2D eigenvalue weighted by Gasteiger charge is 2.14. The molecule has 138 valence electrons. The topological polar surface area (TPSA) is 69.7 Å². The lowest BCUT2D eigenvalue weighted by Gasteiger charge is -2.10. The average Bonchev–Trinajstić information content (AvgIpc) is 2.59. The number of ketones is 1. The molecule has 0 heterocycles. The van der Waals surface area contributed by atoms with Crippen molar-refractivity contribution in [1.29, 1.82) is 0 Å². The minimum atomic E-state index is -0.855. The maximum atomic E-state index is 12.2. The summed E-state index contributed by atoms with van der Waals surface area (Å²) in [6.45, 7) is 6.21. The van der Waals surface area contributed by atoms with Gasteiger partial charge in [-0.15, -0.1) is 0 Å². The van der Waals surface area contributed by atoms with Crippen LogP contribution < -0.4 is 4.74 Å². The highest BCUT2D eigenvalue weighted by Crippen LogP contribution is 2.21. The number of hydrogen-bond donors (Lipinski definition) is 0. The molecular weight excluding hydrogens is 320 g/mol. The number of ether oxygens (including phenoxy) is 2. The third-order valence-electron chi connectivity index (χ3n) is 3.69. The summed E-state index contributed by atoms with van der Waals surface area (Å²) in [5.41, 5.74) is 0.624. The fourth-order valence-electron chi connectivity index (χ4n) is 2.29. The Balaban J connectivity index is 2.63. The monoisotopic (exact) mass is 348 g/mol. The van der Waals surface area contributed by atoms with Gasteiger partial charge in [0.2, 0.25) is 0 Å². The van der Waals surface area contributed by atoms with Crippen LogP contribution in [0.4, 0.5) is 4.79 Å². The van der Waals surface area contributed by atoms with Gasteiger partial charge in [-0.1, -0.05) is 46.5 Å². The highest BCUT2D eigenvalue weighted by molar-refractivity contribution is 5.98. The Kier molecular flexibility index (Phi) is 9.51. The first-order valence-electron chi connectivity index (χ1n) is 8.95. The maximum Gasteiger partial charge on any atom is 0.513 e. The van der Waals surface area contributed by atoms with Gasteiger partial charge in [-0.3, -0.25) is 9.59 Å². The minimum absolute atomic E-state index is 0.00599. The minimum Gasteiger partial charge on any atom is -0.434 e. The van der Waals surface area contributed by atoms with Gasteiger partial charge in [-0.2, -0.15) is 0 Å². The van der Waals surface area contributed by atoms with E-state index in [-0.39, 0.29) is 29.6 Å². The molecule has 0 fully saturated rings. The van der Waals surface area contributed by atoms with Gasteiger partial charge in [-0.25, -0.2) is 4.79 Å². The molecule has 0 atom stereocenters. The molecule has 25 heavy (non-hydrogen) atoms. The molecule has 1 aromatic carbocycles. The summed E-state index contributed by atoms with van der Waals surface area (Å²) >= 11 is 0. The van der Waals surface area contributed by atoms with E-state index in [2.05, 4.69) is 6.92 Å². The van der Waals surface area contributed by atoms with Gasteiger partial charge >= 0.3 is 6.16 Å². The first kappa shape index (κ1) is 20.9. The van der Waals surface area contributed by atoms with Gasteiger partial charge in [-0.05, 0) is 30.5 Å². The number of hydrogen-bond acceptors (Lipinski definition) is 5. The number of Topliss-reactive ketones (excluding diaryl/α,β-unsaturated/α-hetero) is 1. The molecule has 0 aromatic heterocycles. The number of unbranched alkanes of at least 4 members (excludes halogenated alkanes) is 4. The van der Waals surface area contributed by atoms with Crippen LogP contribution in [0.5, 0.6) is 5.75 Å². The maximum absolute atomic E-state index is 12.2. The van der Waals surface area contributed by atoms with Crippen LogP contribution >= 0.6 is 0 Å². The van der Waals surface area contributed by atoms with Crippen molar-refractivity contribution in [3.05, 3.63) is 29.3 Å². The number of carbonyl (C=O) groups excluding carboxylic acids is 3. The van der Waals surface area contributed by atoms with E-state index in [0.29, 0.717) is 18.3 Å². The standard InChI is InChI=1S/C20H28O5/c1-4-5-6-7-8-9-18(22)16-10-11-19(17(12-16)13-21)25-20(23)24-14-15(2)3/h10-13,15H,4-9,14H2,1-3H3. The quantitative estimate of drug-likeness (QED) is 0.180. The summed E-state index contributed by atoms with van der Waals surface area (Å²) in [6, 6.07) is 4.50. The molecule has 0 unspecified atom stereocenters. The summed E-state index contributed by atoms with van der Waals surface area (Å²) in [5, 5.41) is 0. The summed E-state index contributed by atoms with van der Waals surface area (Å²) in [5.74, 6) is 0.284. The Hall–Kier alpha value is -2.17.